The first kappa shape index (κ1) is 28.9. The molecule has 10 rings (SSSR count). The third kappa shape index (κ3) is 4.61. The first-order valence-corrected chi connectivity index (χ1v) is 16.5. The molecule has 51 heavy (non-hydrogen) atoms. The standard InChI is InChI=1S/C45H24O6/c46-43-34(22-37-31-10-4-1-7-25(31)13-16-40(37)49-43)28-19-29(35-23-38-32-11-5-2-8-26(32)14-17-41(38)50-44(35)47)21-30(20-28)36-24-39-33-12-6-3-9-27(33)15-18-42(39)51-45(36)48/h1-24H. The zero-order valence-corrected chi connectivity index (χ0v) is 26.8. The van der Waals surface area contributed by atoms with Crippen LogP contribution in [0.15, 0.2) is 173 Å². The highest BCUT2D eigenvalue weighted by molar-refractivity contribution is 6.09. The van der Waals surface area contributed by atoms with Gasteiger partial charge in [0.25, 0.3) is 0 Å². The average Bonchev–Trinajstić information content (AvgIpc) is 3.16. The maximum absolute atomic E-state index is 13.7. The Morgan fingerprint density at radius 3 is 0.902 bits per heavy atom. The van der Waals surface area contributed by atoms with Crippen LogP contribution in [-0.4, -0.2) is 0 Å². The van der Waals surface area contributed by atoms with Crippen LogP contribution < -0.4 is 16.9 Å². The second-order valence-corrected chi connectivity index (χ2v) is 12.7. The van der Waals surface area contributed by atoms with E-state index in [9.17, 15) is 14.4 Å². The summed E-state index contributed by atoms with van der Waals surface area (Å²) in [4.78, 5) is 41.1. The Labute approximate surface area is 288 Å². The molecule has 0 fully saturated rings. The Hall–Kier alpha value is -7.05. The lowest BCUT2D eigenvalue weighted by molar-refractivity contribution is 0.564. The molecule has 0 radical (unpaired) electrons. The molecule has 0 N–H and O–H groups in total. The van der Waals surface area contributed by atoms with Crippen LogP contribution in [0.2, 0.25) is 0 Å². The van der Waals surface area contributed by atoms with Gasteiger partial charge in [0.15, 0.2) is 0 Å². The Bertz CT molecular complexity index is 2910. The maximum atomic E-state index is 13.7. The molecular weight excluding hydrogens is 636 g/mol. The topological polar surface area (TPSA) is 90.6 Å². The molecule has 0 bridgehead atoms. The molecule has 0 amide bonds. The van der Waals surface area contributed by atoms with E-state index in [1.165, 1.54) is 0 Å². The van der Waals surface area contributed by atoms with Gasteiger partial charge in [0.1, 0.15) is 16.7 Å². The summed E-state index contributed by atoms with van der Waals surface area (Å²) in [6, 6.07) is 45.6. The molecule has 0 saturated carbocycles. The first-order chi connectivity index (χ1) is 25.0. The molecule has 0 aliphatic rings. The lowest BCUT2D eigenvalue weighted by Gasteiger charge is -2.12. The van der Waals surface area contributed by atoms with Gasteiger partial charge in [-0.05, 0) is 104 Å². The van der Waals surface area contributed by atoms with Crippen molar-refractivity contribution in [2.24, 2.45) is 0 Å². The fourth-order valence-corrected chi connectivity index (χ4v) is 7.31. The van der Waals surface area contributed by atoms with Crippen molar-refractivity contribution in [1.82, 2.24) is 0 Å². The molecule has 3 heterocycles. The second-order valence-electron chi connectivity index (χ2n) is 12.7. The van der Waals surface area contributed by atoms with Crippen molar-refractivity contribution in [3.05, 3.63) is 177 Å². The van der Waals surface area contributed by atoms with Gasteiger partial charge < -0.3 is 13.3 Å². The number of hydrogen-bond donors (Lipinski definition) is 0. The van der Waals surface area contributed by atoms with E-state index >= 15 is 0 Å². The molecule has 10 aromatic rings. The van der Waals surface area contributed by atoms with Crippen LogP contribution in [0.25, 0.3) is 98.6 Å². The van der Waals surface area contributed by atoms with Crippen LogP contribution in [-0.2, 0) is 0 Å². The molecule has 7 aromatic carbocycles. The first-order valence-electron chi connectivity index (χ1n) is 16.5. The Balaban J connectivity index is 1.28. The van der Waals surface area contributed by atoms with Crippen molar-refractivity contribution in [2.45, 2.75) is 0 Å². The Morgan fingerprint density at radius 1 is 0.294 bits per heavy atom. The van der Waals surface area contributed by atoms with Crippen LogP contribution in [0.5, 0.6) is 0 Å². The van der Waals surface area contributed by atoms with Crippen LogP contribution in [0.4, 0.5) is 0 Å². The quantitative estimate of drug-likeness (QED) is 0.138. The van der Waals surface area contributed by atoms with Crippen LogP contribution in [0.1, 0.15) is 0 Å². The lowest BCUT2D eigenvalue weighted by atomic mass is 9.93. The molecule has 0 spiro atoms. The van der Waals surface area contributed by atoms with Crippen LogP contribution >= 0.6 is 0 Å². The maximum Gasteiger partial charge on any atom is 0.344 e. The monoisotopic (exact) mass is 660 g/mol. The Kier molecular flexibility index (Phi) is 6.23. The fraction of sp³-hybridized carbons (Fsp3) is 0. The molecule has 0 aliphatic heterocycles. The predicted octanol–water partition coefficient (Wildman–Crippen LogP) is 10.5. The summed E-state index contributed by atoms with van der Waals surface area (Å²) in [6.07, 6.45) is 0. The van der Waals surface area contributed by atoms with Gasteiger partial charge in [-0.15, -0.1) is 0 Å². The normalized spacial score (nSPS) is 11.8. The highest BCUT2D eigenvalue weighted by Crippen LogP contribution is 2.36. The summed E-state index contributed by atoms with van der Waals surface area (Å²) < 4.78 is 17.7. The summed E-state index contributed by atoms with van der Waals surface area (Å²) >= 11 is 0. The molecule has 0 saturated heterocycles. The summed E-state index contributed by atoms with van der Waals surface area (Å²) in [6.45, 7) is 0. The molecule has 6 heteroatoms. The summed E-state index contributed by atoms with van der Waals surface area (Å²) in [5.41, 5.74) is 2.02. The van der Waals surface area contributed by atoms with Gasteiger partial charge in [-0.2, -0.15) is 0 Å². The predicted molar refractivity (Wildman–Crippen MR) is 203 cm³/mol. The highest BCUT2D eigenvalue weighted by atomic mass is 16.4. The van der Waals surface area contributed by atoms with Gasteiger partial charge in [0, 0.05) is 16.2 Å². The number of benzene rings is 7. The van der Waals surface area contributed by atoms with E-state index in [1.54, 1.807) is 36.4 Å². The van der Waals surface area contributed by atoms with E-state index < -0.39 is 16.9 Å². The Morgan fingerprint density at radius 2 is 0.588 bits per heavy atom. The van der Waals surface area contributed by atoms with Gasteiger partial charge in [0.05, 0.1) is 16.7 Å². The zero-order valence-electron chi connectivity index (χ0n) is 26.8. The van der Waals surface area contributed by atoms with Crippen molar-refractivity contribution in [2.75, 3.05) is 0 Å². The summed E-state index contributed by atoms with van der Waals surface area (Å²) in [5.74, 6) is 0. The van der Waals surface area contributed by atoms with Crippen molar-refractivity contribution >= 4 is 65.2 Å². The molecule has 3 aromatic heterocycles. The second kappa shape index (κ2) is 11.0. The van der Waals surface area contributed by atoms with E-state index in [0.29, 0.717) is 33.4 Å². The number of hydrogen-bond acceptors (Lipinski definition) is 6. The lowest BCUT2D eigenvalue weighted by Crippen LogP contribution is -2.07. The minimum absolute atomic E-state index is 0.285. The van der Waals surface area contributed by atoms with E-state index in [0.717, 1.165) is 48.5 Å². The molecule has 240 valence electrons. The molecule has 0 aliphatic carbocycles. The highest BCUT2D eigenvalue weighted by Gasteiger charge is 2.19. The van der Waals surface area contributed by atoms with Gasteiger partial charge in [-0.25, -0.2) is 14.4 Å². The van der Waals surface area contributed by atoms with Gasteiger partial charge >= 0.3 is 16.9 Å². The minimum Gasteiger partial charge on any atom is -0.422 e. The molecule has 6 nitrogen and oxygen atoms in total. The molecule has 0 unspecified atom stereocenters. The van der Waals surface area contributed by atoms with Crippen LogP contribution in [0, 0.1) is 0 Å². The summed E-state index contributed by atoms with van der Waals surface area (Å²) in [7, 11) is 0. The van der Waals surface area contributed by atoms with Crippen molar-refractivity contribution in [3.63, 3.8) is 0 Å². The average molecular weight is 661 g/mol. The van der Waals surface area contributed by atoms with E-state index in [4.69, 9.17) is 13.3 Å². The van der Waals surface area contributed by atoms with E-state index in [-0.39, 0.29) is 16.7 Å². The number of fused-ring (bicyclic) bond motifs is 9. The van der Waals surface area contributed by atoms with Crippen molar-refractivity contribution in [3.8, 4) is 33.4 Å². The largest absolute Gasteiger partial charge is 0.422 e. The van der Waals surface area contributed by atoms with Gasteiger partial charge in [-0.3, -0.25) is 0 Å². The van der Waals surface area contributed by atoms with Crippen molar-refractivity contribution in [1.29, 1.82) is 0 Å². The van der Waals surface area contributed by atoms with E-state index in [1.807, 2.05) is 109 Å². The summed E-state index contributed by atoms with van der Waals surface area (Å²) in [5, 5.41) is 8.10. The SMILES string of the molecule is O=c1oc2ccc3ccccc3c2cc1-c1cc(-c2cc3c(ccc4ccccc43)oc2=O)cc(-c2cc3c(ccc4ccccc43)oc2=O)c1. The fourth-order valence-electron chi connectivity index (χ4n) is 7.31. The minimum atomic E-state index is -0.547. The van der Waals surface area contributed by atoms with Crippen LogP contribution in [0.3, 0.4) is 0 Å². The third-order valence-electron chi connectivity index (χ3n) is 9.79. The van der Waals surface area contributed by atoms with Gasteiger partial charge in [-0.1, -0.05) is 91.0 Å². The third-order valence-corrected chi connectivity index (χ3v) is 9.79. The zero-order chi connectivity index (χ0) is 34.2. The van der Waals surface area contributed by atoms with Crippen molar-refractivity contribution < 1.29 is 13.3 Å². The smallest absolute Gasteiger partial charge is 0.344 e. The number of rotatable bonds is 3. The van der Waals surface area contributed by atoms with Gasteiger partial charge in [0.2, 0.25) is 0 Å². The van der Waals surface area contributed by atoms with E-state index in [2.05, 4.69) is 0 Å². The molecule has 0 atom stereocenters. The molecular formula is C45H24O6.